The van der Waals surface area contributed by atoms with Crippen LogP contribution in [0.3, 0.4) is 0 Å². The minimum absolute atomic E-state index is 0. The topological polar surface area (TPSA) is 43.1 Å². The predicted molar refractivity (Wildman–Crippen MR) is 38.0 cm³/mol. The molecule has 4 nitrogen and oxygen atoms in total. The molecule has 0 atom stereocenters. The van der Waals surface area contributed by atoms with Crippen LogP contribution in [0.4, 0.5) is 0 Å². The van der Waals surface area contributed by atoms with E-state index in [4.69, 9.17) is 0 Å². The second kappa shape index (κ2) is 2.62. The molecule has 2 heterocycles. The Kier molecular flexibility index (Phi) is 1.82. The van der Waals surface area contributed by atoms with Gasteiger partial charge in [0.25, 0.3) is 0 Å². The Balaban J connectivity index is 0.000000500. The third kappa shape index (κ3) is 0.930. The number of halogens is 1. The summed E-state index contributed by atoms with van der Waals surface area (Å²) in [6.45, 7) is 0. The molecule has 0 N–H and O–H groups in total. The Morgan fingerprint density at radius 1 is 1.40 bits per heavy atom. The molecule has 0 amide bonds. The van der Waals surface area contributed by atoms with Gasteiger partial charge in [-0.05, 0) is 0 Å². The molecule has 0 aliphatic heterocycles. The first-order chi connectivity index (χ1) is 4.47. The lowest BCUT2D eigenvalue weighted by atomic mass is 10.7. The molecule has 10 heavy (non-hydrogen) atoms. The summed E-state index contributed by atoms with van der Waals surface area (Å²) < 4.78 is 1.80. The minimum atomic E-state index is 0. The largest absolute Gasteiger partial charge is 0.286 e. The lowest BCUT2D eigenvalue weighted by Gasteiger charge is -1.84. The van der Waals surface area contributed by atoms with Gasteiger partial charge < -0.3 is 0 Å². The molecule has 0 unspecified atom stereocenters. The van der Waals surface area contributed by atoms with E-state index in [0.717, 1.165) is 5.65 Å². The molecule has 0 saturated heterocycles. The number of fused-ring (bicyclic) bond motifs is 1. The van der Waals surface area contributed by atoms with E-state index in [1.807, 2.05) is 0 Å². The highest BCUT2D eigenvalue weighted by Crippen LogP contribution is 1.90. The summed E-state index contributed by atoms with van der Waals surface area (Å²) in [7, 11) is 0. The van der Waals surface area contributed by atoms with E-state index in [-0.39, 0.29) is 12.4 Å². The van der Waals surface area contributed by atoms with Gasteiger partial charge in [0, 0.05) is 12.4 Å². The number of aromatic nitrogens is 4. The van der Waals surface area contributed by atoms with Gasteiger partial charge in [0.1, 0.15) is 6.33 Å². The molecule has 2 rings (SSSR count). The van der Waals surface area contributed by atoms with Crippen molar-refractivity contribution in [2.24, 2.45) is 0 Å². The molecule has 0 radical (unpaired) electrons. The molecule has 0 aromatic carbocycles. The van der Waals surface area contributed by atoms with Crippen molar-refractivity contribution < 1.29 is 0 Å². The molecule has 0 bridgehead atoms. The van der Waals surface area contributed by atoms with E-state index in [0.29, 0.717) is 0 Å². The zero-order chi connectivity index (χ0) is 6.10. The smallest absolute Gasteiger partial charge is 0.179 e. The fourth-order valence-corrected chi connectivity index (χ4v) is 0.679. The van der Waals surface area contributed by atoms with E-state index in [1.54, 1.807) is 29.3 Å². The summed E-state index contributed by atoms with van der Waals surface area (Å²) in [5, 5.41) is 7.44. The molecule has 0 fully saturated rings. The lowest BCUT2D eigenvalue weighted by molar-refractivity contribution is 1.10. The number of nitrogens with zero attached hydrogens (tertiary/aromatic N) is 4. The molecule has 0 aliphatic rings. The van der Waals surface area contributed by atoms with E-state index in [2.05, 4.69) is 15.2 Å². The van der Waals surface area contributed by atoms with Crippen LogP contribution in [0.25, 0.3) is 5.65 Å². The van der Waals surface area contributed by atoms with Crippen LogP contribution in [0, 0.1) is 0 Å². The zero-order valence-corrected chi connectivity index (χ0v) is 5.82. The molecular formula is C5H5ClN4. The third-order valence-corrected chi connectivity index (χ3v) is 1.10. The number of hydrogen-bond donors (Lipinski definition) is 0. The quantitative estimate of drug-likeness (QED) is 0.560. The minimum Gasteiger partial charge on any atom is -0.286 e. The Hall–Kier alpha value is -1.16. The summed E-state index contributed by atoms with van der Waals surface area (Å²) >= 11 is 0. The summed E-state index contributed by atoms with van der Waals surface area (Å²) in [5.74, 6) is 0. The highest BCUT2D eigenvalue weighted by molar-refractivity contribution is 5.85. The highest BCUT2D eigenvalue weighted by atomic mass is 35.5. The van der Waals surface area contributed by atoms with Crippen molar-refractivity contribution in [2.45, 2.75) is 0 Å². The van der Waals surface area contributed by atoms with Crippen LogP contribution in [-0.2, 0) is 0 Å². The van der Waals surface area contributed by atoms with Gasteiger partial charge in [-0.25, -0.2) is 0 Å². The monoisotopic (exact) mass is 156 g/mol. The number of hydrogen-bond acceptors (Lipinski definition) is 3. The van der Waals surface area contributed by atoms with Crippen LogP contribution < -0.4 is 0 Å². The standard InChI is InChI=1S/C5H4N4.ClH/c1-2-9-4-7-8-5(9)3-6-1;/h1-4H;1H. The van der Waals surface area contributed by atoms with Gasteiger partial charge in [-0.15, -0.1) is 22.6 Å². The van der Waals surface area contributed by atoms with Crippen LogP contribution >= 0.6 is 12.4 Å². The molecule has 2 aromatic heterocycles. The van der Waals surface area contributed by atoms with Crippen LogP contribution in [0.1, 0.15) is 0 Å². The molecule has 0 spiro atoms. The molecular weight excluding hydrogens is 152 g/mol. The molecule has 2 aromatic rings. The van der Waals surface area contributed by atoms with E-state index >= 15 is 0 Å². The van der Waals surface area contributed by atoms with Crippen molar-refractivity contribution in [3.8, 4) is 0 Å². The summed E-state index contributed by atoms with van der Waals surface area (Å²) in [5.41, 5.74) is 0.775. The SMILES string of the molecule is Cl.c1cn2cnnc2cn1. The fraction of sp³-hybridized carbons (Fsp3) is 0. The zero-order valence-electron chi connectivity index (χ0n) is 5.01. The van der Waals surface area contributed by atoms with Crippen molar-refractivity contribution in [1.29, 1.82) is 0 Å². The normalized spacial score (nSPS) is 9.20. The van der Waals surface area contributed by atoms with Crippen molar-refractivity contribution in [3.05, 3.63) is 24.9 Å². The van der Waals surface area contributed by atoms with Gasteiger partial charge in [-0.1, -0.05) is 0 Å². The van der Waals surface area contributed by atoms with E-state index in [1.165, 1.54) is 0 Å². The second-order valence-corrected chi connectivity index (χ2v) is 1.67. The maximum absolute atomic E-state index is 3.86. The van der Waals surface area contributed by atoms with Gasteiger partial charge in [0.15, 0.2) is 5.65 Å². The summed E-state index contributed by atoms with van der Waals surface area (Å²) in [6.07, 6.45) is 6.79. The fourth-order valence-electron chi connectivity index (χ4n) is 0.679. The van der Waals surface area contributed by atoms with Crippen molar-refractivity contribution >= 4 is 18.1 Å². The highest BCUT2D eigenvalue weighted by Gasteiger charge is 1.88. The molecule has 5 heteroatoms. The first-order valence-electron chi connectivity index (χ1n) is 2.56. The summed E-state index contributed by atoms with van der Waals surface area (Å²) in [6, 6.07) is 0. The molecule has 0 aliphatic carbocycles. The van der Waals surface area contributed by atoms with Crippen molar-refractivity contribution in [3.63, 3.8) is 0 Å². The first-order valence-corrected chi connectivity index (χ1v) is 2.56. The maximum atomic E-state index is 3.86. The van der Waals surface area contributed by atoms with Crippen LogP contribution in [0.2, 0.25) is 0 Å². The van der Waals surface area contributed by atoms with E-state index < -0.39 is 0 Å². The first kappa shape index (κ1) is 6.95. The average Bonchev–Trinajstić information content (AvgIpc) is 2.33. The van der Waals surface area contributed by atoms with Crippen LogP contribution in [0.5, 0.6) is 0 Å². The second-order valence-electron chi connectivity index (χ2n) is 1.67. The predicted octanol–water partition coefficient (Wildman–Crippen LogP) is 0.546. The van der Waals surface area contributed by atoms with Gasteiger partial charge in [0.05, 0.1) is 6.20 Å². The van der Waals surface area contributed by atoms with Gasteiger partial charge >= 0.3 is 0 Å². The lowest BCUT2D eigenvalue weighted by Crippen LogP contribution is -1.81. The summed E-state index contributed by atoms with van der Waals surface area (Å²) in [4.78, 5) is 3.86. The van der Waals surface area contributed by atoms with Gasteiger partial charge in [0.2, 0.25) is 0 Å². The average molecular weight is 157 g/mol. The molecule has 52 valence electrons. The van der Waals surface area contributed by atoms with Gasteiger partial charge in [-0.2, -0.15) is 0 Å². The van der Waals surface area contributed by atoms with Crippen molar-refractivity contribution in [1.82, 2.24) is 19.6 Å². The van der Waals surface area contributed by atoms with Crippen molar-refractivity contribution in [2.75, 3.05) is 0 Å². The Labute approximate surface area is 63.3 Å². The Morgan fingerprint density at radius 3 is 3.10 bits per heavy atom. The van der Waals surface area contributed by atoms with E-state index in [9.17, 15) is 0 Å². The maximum Gasteiger partial charge on any atom is 0.179 e. The van der Waals surface area contributed by atoms with Gasteiger partial charge in [-0.3, -0.25) is 9.38 Å². The third-order valence-electron chi connectivity index (χ3n) is 1.10. The Morgan fingerprint density at radius 2 is 2.30 bits per heavy atom. The Bertz CT molecular complexity index is 288. The van der Waals surface area contributed by atoms with Crippen LogP contribution in [0.15, 0.2) is 24.9 Å². The number of rotatable bonds is 0. The molecule has 0 saturated carbocycles. The van der Waals surface area contributed by atoms with Crippen LogP contribution in [-0.4, -0.2) is 19.6 Å².